The SMILES string of the molecule is CC(C)CC1(C(F)(F)F)CN(c2ccc(C(F)(F)F)c(-c3[nH]nc4ncccc34)n2)CCC1N. The summed E-state index contributed by atoms with van der Waals surface area (Å²) < 4.78 is 84.4. The number of anilines is 1. The van der Waals surface area contributed by atoms with Gasteiger partial charge >= 0.3 is 12.4 Å². The lowest BCUT2D eigenvalue weighted by molar-refractivity contribution is -0.237. The van der Waals surface area contributed by atoms with Crippen LogP contribution in [0.2, 0.25) is 0 Å². The molecule has 6 nitrogen and oxygen atoms in total. The standard InChI is InChI=1S/C22H24F6N6/c1-12(2)10-20(22(26,27)28)11-34(9-7-15(20)29)16-6-5-14(21(23,24)25)18(31-16)17-13-4-3-8-30-19(13)33-32-17/h3-6,8,12,15H,7,9-11,29H2,1-2H3,(H,30,32,33). The van der Waals surface area contributed by atoms with Gasteiger partial charge in [-0.2, -0.15) is 31.4 Å². The van der Waals surface area contributed by atoms with Gasteiger partial charge in [0.15, 0.2) is 5.65 Å². The molecule has 184 valence electrons. The molecule has 0 aromatic carbocycles. The van der Waals surface area contributed by atoms with Crippen LogP contribution < -0.4 is 10.6 Å². The minimum atomic E-state index is -4.74. The number of hydrogen-bond acceptors (Lipinski definition) is 5. The highest BCUT2D eigenvalue weighted by atomic mass is 19.4. The van der Waals surface area contributed by atoms with E-state index in [4.69, 9.17) is 5.73 Å². The summed E-state index contributed by atoms with van der Waals surface area (Å²) in [6, 6.07) is 3.92. The topological polar surface area (TPSA) is 83.7 Å². The van der Waals surface area contributed by atoms with Crippen molar-refractivity contribution in [2.24, 2.45) is 17.1 Å². The Morgan fingerprint density at radius 1 is 1.18 bits per heavy atom. The van der Waals surface area contributed by atoms with Crippen LogP contribution in [-0.4, -0.2) is 45.5 Å². The Hall–Kier alpha value is -2.89. The van der Waals surface area contributed by atoms with E-state index in [-0.39, 0.29) is 42.5 Å². The van der Waals surface area contributed by atoms with E-state index in [0.29, 0.717) is 5.39 Å². The average Bonchev–Trinajstić information content (AvgIpc) is 3.17. The van der Waals surface area contributed by atoms with Crippen molar-refractivity contribution < 1.29 is 26.3 Å². The molecule has 1 aliphatic heterocycles. The lowest BCUT2D eigenvalue weighted by Crippen LogP contribution is -2.62. The Morgan fingerprint density at radius 3 is 2.56 bits per heavy atom. The molecular formula is C22H24F6N6. The van der Waals surface area contributed by atoms with Crippen LogP contribution >= 0.6 is 0 Å². The highest BCUT2D eigenvalue weighted by Crippen LogP contribution is 2.49. The summed E-state index contributed by atoms with van der Waals surface area (Å²) in [4.78, 5) is 9.59. The minimum absolute atomic E-state index is 0.00440. The zero-order chi connectivity index (χ0) is 24.9. The molecule has 2 unspecified atom stereocenters. The Labute approximate surface area is 191 Å². The van der Waals surface area contributed by atoms with Crippen LogP contribution in [0.25, 0.3) is 22.4 Å². The number of aromatic amines is 1. The molecule has 0 spiro atoms. The van der Waals surface area contributed by atoms with Crippen molar-refractivity contribution in [1.82, 2.24) is 20.2 Å². The van der Waals surface area contributed by atoms with E-state index in [9.17, 15) is 26.3 Å². The van der Waals surface area contributed by atoms with Gasteiger partial charge in [-0.05, 0) is 43.0 Å². The predicted octanol–water partition coefficient (Wildman–Crippen LogP) is 5.17. The molecule has 1 fully saturated rings. The van der Waals surface area contributed by atoms with Gasteiger partial charge in [-0.25, -0.2) is 9.97 Å². The van der Waals surface area contributed by atoms with Gasteiger partial charge in [0.1, 0.15) is 11.5 Å². The van der Waals surface area contributed by atoms with Crippen molar-refractivity contribution in [3.05, 3.63) is 36.0 Å². The van der Waals surface area contributed by atoms with Crippen LogP contribution in [0.15, 0.2) is 30.5 Å². The van der Waals surface area contributed by atoms with E-state index in [1.54, 1.807) is 26.0 Å². The predicted molar refractivity (Wildman–Crippen MR) is 115 cm³/mol. The van der Waals surface area contributed by atoms with Crippen molar-refractivity contribution in [3.8, 4) is 11.4 Å². The van der Waals surface area contributed by atoms with Crippen molar-refractivity contribution in [1.29, 1.82) is 0 Å². The number of alkyl halides is 6. The summed E-state index contributed by atoms with van der Waals surface area (Å²) in [5.74, 6) is -0.272. The van der Waals surface area contributed by atoms with Gasteiger partial charge in [-0.15, -0.1) is 0 Å². The first-order chi connectivity index (χ1) is 15.8. The number of nitrogens with one attached hydrogen (secondary N) is 1. The van der Waals surface area contributed by atoms with Gasteiger partial charge in [0.2, 0.25) is 0 Å². The number of halogens is 6. The lowest BCUT2D eigenvalue weighted by Gasteiger charge is -2.49. The summed E-state index contributed by atoms with van der Waals surface area (Å²) >= 11 is 0. The van der Waals surface area contributed by atoms with Crippen LogP contribution in [0.3, 0.4) is 0 Å². The molecule has 4 heterocycles. The quantitative estimate of drug-likeness (QED) is 0.497. The van der Waals surface area contributed by atoms with Gasteiger partial charge < -0.3 is 10.6 Å². The molecule has 1 aliphatic rings. The molecule has 0 bridgehead atoms. The van der Waals surface area contributed by atoms with Crippen LogP contribution in [0.1, 0.15) is 32.3 Å². The Bertz CT molecular complexity index is 1170. The van der Waals surface area contributed by atoms with Crippen LogP contribution in [0.4, 0.5) is 32.2 Å². The molecule has 0 aliphatic carbocycles. The fourth-order valence-corrected chi connectivity index (χ4v) is 4.74. The smallest absolute Gasteiger partial charge is 0.356 e. The first kappa shape index (κ1) is 24.2. The van der Waals surface area contributed by atoms with Gasteiger partial charge in [-0.3, -0.25) is 5.10 Å². The molecule has 0 saturated carbocycles. The summed E-state index contributed by atoms with van der Waals surface area (Å²) in [5, 5.41) is 6.81. The molecular weight excluding hydrogens is 462 g/mol. The molecule has 4 rings (SSSR count). The molecule has 1 saturated heterocycles. The lowest BCUT2D eigenvalue weighted by atomic mass is 9.70. The molecule has 3 aromatic heterocycles. The number of H-pyrrole nitrogens is 1. The summed E-state index contributed by atoms with van der Waals surface area (Å²) in [6.45, 7) is 3.02. The third-order valence-electron chi connectivity index (χ3n) is 6.31. The van der Waals surface area contributed by atoms with Crippen molar-refractivity contribution in [2.75, 3.05) is 18.0 Å². The summed E-state index contributed by atoms with van der Waals surface area (Å²) in [7, 11) is 0. The highest BCUT2D eigenvalue weighted by molar-refractivity contribution is 5.90. The van der Waals surface area contributed by atoms with Crippen molar-refractivity contribution in [3.63, 3.8) is 0 Å². The second kappa shape index (κ2) is 8.40. The normalized spacial score (nSPS) is 22.1. The fraction of sp³-hybridized carbons (Fsp3) is 0.500. The third-order valence-corrected chi connectivity index (χ3v) is 6.31. The van der Waals surface area contributed by atoms with E-state index in [1.807, 2.05) is 0 Å². The van der Waals surface area contributed by atoms with E-state index < -0.39 is 41.6 Å². The highest BCUT2D eigenvalue weighted by Gasteiger charge is 2.60. The fourth-order valence-electron chi connectivity index (χ4n) is 4.74. The Kier molecular flexibility index (Phi) is 5.99. The number of aromatic nitrogens is 4. The second-order valence-electron chi connectivity index (χ2n) is 9.11. The zero-order valence-corrected chi connectivity index (χ0v) is 18.5. The van der Waals surface area contributed by atoms with E-state index >= 15 is 0 Å². The monoisotopic (exact) mass is 486 g/mol. The number of rotatable bonds is 4. The Morgan fingerprint density at radius 2 is 1.91 bits per heavy atom. The Balaban J connectivity index is 1.82. The van der Waals surface area contributed by atoms with Crippen molar-refractivity contribution in [2.45, 2.75) is 45.1 Å². The minimum Gasteiger partial charge on any atom is -0.356 e. The number of pyridine rings is 2. The zero-order valence-electron chi connectivity index (χ0n) is 18.5. The van der Waals surface area contributed by atoms with Gasteiger partial charge in [-0.1, -0.05) is 13.8 Å². The maximum Gasteiger partial charge on any atom is 0.418 e. The molecule has 0 amide bonds. The third kappa shape index (κ3) is 4.19. The number of fused-ring (bicyclic) bond motifs is 1. The van der Waals surface area contributed by atoms with Gasteiger partial charge in [0.25, 0.3) is 0 Å². The van der Waals surface area contributed by atoms with Crippen LogP contribution in [-0.2, 0) is 6.18 Å². The molecule has 3 aromatic rings. The summed E-state index contributed by atoms with van der Waals surface area (Å²) in [5.41, 5.74) is 2.53. The summed E-state index contributed by atoms with van der Waals surface area (Å²) in [6.07, 6.45) is -8.04. The number of nitrogens with zero attached hydrogens (tertiary/aromatic N) is 4. The largest absolute Gasteiger partial charge is 0.418 e. The van der Waals surface area contributed by atoms with Crippen LogP contribution in [0.5, 0.6) is 0 Å². The number of hydrogen-bond donors (Lipinski definition) is 2. The first-order valence-electron chi connectivity index (χ1n) is 10.8. The maximum absolute atomic E-state index is 14.3. The number of nitrogens with two attached hydrogens (primary N) is 1. The van der Waals surface area contributed by atoms with E-state index in [0.717, 1.165) is 12.1 Å². The average molecular weight is 486 g/mol. The van der Waals surface area contributed by atoms with E-state index in [1.165, 1.54) is 11.1 Å². The van der Waals surface area contributed by atoms with Gasteiger partial charge in [0, 0.05) is 30.7 Å². The molecule has 0 radical (unpaired) electrons. The molecule has 3 N–H and O–H groups in total. The van der Waals surface area contributed by atoms with Crippen LogP contribution in [0, 0.1) is 11.3 Å². The second-order valence-corrected chi connectivity index (χ2v) is 9.11. The van der Waals surface area contributed by atoms with Gasteiger partial charge in [0.05, 0.1) is 16.7 Å². The molecule has 12 heteroatoms. The van der Waals surface area contributed by atoms with Crippen molar-refractivity contribution >= 4 is 16.9 Å². The molecule has 2 atom stereocenters. The molecule has 34 heavy (non-hydrogen) atoms. The number of piperidine rings is 1. The van der Waals surface area contributed by atoms with E-state index in [2.05, 4.69) is 20.2 Å². The maximum atomic E-state index is 14.3. The first-order valence-corrected chi connectivity index (χ1v) is 10.8.